The van der Waals surface area contributed by atoms with Crippen molar-refractivity contribution in [1.29, 1.82) is 0 Å². The normalized spacial score (nSPS) is 13.3. The highest BCUT2D eigenvalue weighted by atomic mass is 32.1. The zero-order valence-corrected chi connectivity index (χ0v) is 32.0. The Hall–Kier alpha value is -6.54. The van der Waals surface area contributed by atoms with Crippen molar-refractivity contribution in [2.45, 2.75) is 19.3 Å². The zero-order chi connectivity index (χ0) is 37.1. The van der Waals surface area contributed by atoms with Gasteiger partial charge in [-0.2, -0.15) is 0 Å². The summed E-state index contributed by atoms with van der Waals surface area (Å²) in [5, 5.41) is 13.1. The Labute approximate surface area is 329 Å². The first-order valence-corrected chi connectivity index (χ1v) is 20.4. The SMILES string of the molecule is CC1(C)c2ccc(-c3ccc(-c4c5ccccc5c(-c5cccc6ccccc56)c5ccccc45)cc3)cc2-c2ccc3c(ccc4sc5ccccc5c43)c21. The van der Waals surface area contributed by atoms with Gasteiger partial charge in [-0.25, -0.2) is 0 Å². The standard InChI is InChI=1S/C55H36S/c1-55(2)48-30-26-36(32-47(48)45-28-27-43-44(54(45)55)29-31-50-53(43)46-19-9-10-21-49(46)56-50)33-22-24-35(25-23-33)51-39-15-5-7-17-41(39)52(42-18-8-6-16-40(42)51)38-20-11-13-34-12-3-4-14-37(34)38/h3-32H,1-2H3. The molecule has 1 aliphatic carbocycles. The summed E-state index contributed by atoms with van der Waals surface area (Å²) in [5.74, 6) is 0. The number of benzene rings is 10. The molecular weight excluding hydrogens is 693 g/mol. The third-order valence-corrected chi connectivity index (χ3v) is 13.8. The van der Waals surface area contributed by atoms with Crippen molar-refractivity contribution >= 4 is 74.6 Å². The van der Waals surface area contributed by atoms with Crippen LogP contribution >= 0.6 is 11.3 Å². The van der Waals surface area contributed by atoms with Gasteiger partial charge in [-0.1, -0.05) is 178 Å². The van der Waals surface area contributed by atoms with Crippen LogP contribution in [0.3, 0.4) is 0 Å². The molecule has 0 bridgehead atoms. The fourth-order valence-electron chi connectivity index (χ4n) is 10.2. The molecule has 0 aliphatic heterocycles. The predicted molar refractivity (Wildman–Crippen MR) is 243 cm³/mol. The molecule has 1 aliphatic rings. The molecule has 12 rings (SSSR count). The quantitative estimate of drug-likeness (QED) is 0.159. The van der Waals surface area contributed by atoms with Crippen LogP contribution in [0.5, 0.6) is 0 Å². The molecule has 0 radical (unpaired) electrons. The van der Waals surface area contributed by atoms with E-state index < -0.39 is 0 Å². The van der Waals surface area contributed by atoms with Gasteiger partial charge in [0.2, 0.25) is 0 Å². The van der Waals surface area contributed by atoms with E-state index >= 15 is 0 Å². The van der Waals surface area contributed by atoms with E-state index in [1.54, 1.807) is 0 Å². The van der Waals surface area contributed by atoms with Crippen molar-refractivity contribution in [2.75, 3.05) is 0 Å². The van der Waals surface area contributed by atoms with E-state index in [0.29, 0.717) is 0 Å². The Morgan fingerprint density at radius 2 is 0.946 bits per heavy atom. The lowest BCUT2D eigenvalue weighted by Gasteiger charge is -2.23. The van der Waals surface area contributed by atoms with Gasteiger partial charge in [0, 0.05) is 25.6 Å². The summed E-state index contributed by atoms with van der Waals surface area (Å²) in [7, 11) is 0. The van der Waals surface area contributed by atoms with Crippen LogP contribution in [0.1, 0.15) is 25.0 Å². The molecule has 11 aromatic rings. The number of thiophene rings is 1. The first kappa shape index (κ1) is 31.8. The number of hydrogen-bond acceptors (Lipinski definition) is 1. The van der Waals surface area contributed by atoms with E-state index in [1.807, 2.05) is 11.3 Å². The second-order valence-corrected chi connectivity index (χ2v) is 17.0. The molecule has 1 aromatic heterocycles. The third-order valence-electron chi connectivity index (χ3n) is 12.6. The zero-order valence-electron chi connectivity index (χ0n) is 31.2. The van der Waals surface area contributed by atoms with Crippen LogP contribution in [-0.2, 0) is 5.41 Å². The predicted octanol–water partition coefficient (Wildman–Crippen LogP) is 16.0. The first-order chi connectivity index (χ1) is 27.5. The molecule has 1 heteroatoms. The molecule has 262 valence electrons. The van der Waals surface area contributed by atoms with Crippen molar-refractivity contribution in [1.82, 2.24) is 0 Å². The van der Waals surface area contributed by atoms with Crippen LogP contribution < -0.4 is 0 Å². The summed E-state index contributed by atoms with van der Waals surface area (Å²) < 4.78 is 2.72. The maximum atomic E-state index is 2.44. The molecule has 0 amide bonds. The monoisotopic (exact) mass is 728 g/mol. The number of fused-ring (bicyclic) bond motifs is 12. The smallest absolute Gasteiger partial charge is 0.0361 e. The van der Waals surface area contributed by atoms with Crippen molar-refractivity contribution in [3.05, 3.63) is 193 Å². The third kappa shape index (κ3) is 4.41. The summed E-state index contributed by atoms with van der Waals surface area (Å²) in [5.41, 5.74) is 13.0. The Morgan fingerprint density at radius 3 is 1.70 bits per heavy atom. The van der Waals surface area contributed by atoms with Crippen molar-refractivity contribution in [3.63, 3.8) is 0 Å². The van der Waals surface area contributed by atoms with Gasteiger partial charge >= 0.3 is 0 Å². The fraction of sp³-hybridized carbons (Fsp3) is 0.0545. The van der Waals surface area contributed by atoms with E-state index in [1.165, 1.54) is 119 Å². The van der Waals surface area contributed by atoms with Crippen LogP contribution in [-0.4, -0.2) is 0 Å². The Bertz CT molecular complexity index is 3370. The molecule has 0 atom stereocenters. The van der Waals surface area contributed by atoms with Gasteiger partial charge in [0.25, 0.3) is 0 Å². The second kappa shape index (κ2) is 11.7. The lowest BCUT2D eigenvalue weighted by atomic mass is 9.79. The Balaban J connectivity index is 0.992. The largest absolute Gasteiger partial charge is 0.135 e. The van der Waals surface area contributed by atoms with E-state index in [0.717, 1.165) is 0 Å². The molecule has 10 aromatic carbocycles. The lowest BCUT2D eigenvalue weighted by Crippen LogP contribution is -2.15. The summed E-state index contributed by atoms with van der Waals surface area (Å²) >= 11 is 1.90. The molecule has 0 saturated carbocycles. The number of hydrogen-bond donors (Lipinski definition) is 0. The van der Waals surface area contributed by atoms with Crippen molar-refractivity contribution in [2.24, 2.45) is 0 Å². The maximum absolute atomic E-state index is 2.44. The van der Waals surface area contributed by atoms with Crippen molar-refractivity contribution in [3.8, 4) is 44.5 Å². The van der Waals surface area contributed by atoms with Crippen LogP contribution in [0.15, 0.2) is 182 Å². The van der Waals surface area contributed by atoms with Crippen LogP contribution in [0.2, 0.25) is 0 Å². The highest BCUT2D eigenvalue weighted by Gasteiger charge is 2.37. The molecule has 0 saturated heterocycles. The fourth-order valence-corrected chi connectivity index (χ4v) is 11.3. The molecule has 0 unspecified atom stereocenters. The minimum Gasteiger partial charge on any atom is -0.135 e. The molecule has 0 spiro atoms. The Morgan fingerprint density at radius 1 is 0.357 bits per heavy atom. The van der Waals surface area contributed by atoms with E-state index in [-0.39, 0.29) is 5.41 Å². The van der Waals surface area contributed by atoms with E-state index in [4.69, 9.17) is 0 Å². The van der Waals surface area contributed by atoms with E-state index in [2.05, 4.69) is 196 Å². The second-order valence-electron chi connectivity index (χ2n) is 16.0. The first-order valence-electron chi connectivity index (χ1n) is 19.6. The molecular formula is C55H36S. The summed E-state index contributed by atoms with van der Waals surface area (Å²) in [6.07, 6.45) is 0. The van der Waals surface area contributed by atoms with Crippen LogP contribution in [0.4, 0.5) is 0 Å². The van der Waals surface area contributed by atoms with E-state index in [9.17, 15) is 0 Å². The minimum absolute atomic E-state index is 0.105. The van der Waals surface area contributed by atoms with Gasteiger partial charge in [-0.15, -0.1) is 11.3 Å². The highest BCUT2D eigenvalue weighted by molar-refractivity contribution is 7.26. The van der Waals surface area contributed by atoms with Gasteiger partial charge in [0.1, 0.15) is 0 Å². The maximum Gasteiger partial charge on any atom is 0.0361 e. The molecule has 0 nitrogen and oxygen atoms in total. The van der Waals surface area contributed by atoms with Gasteiger partial charge < -0.3 is 0 Å². The summed E-state index contributed by atoms with van der Waals surface area (Å²) in [6.45, 7) is 4.81. The Kier molecular flexibility index (Phi) is 6.66. The molecule has 1 heterocycles. The minimum atomic E-state index is -0.105. The van der Waals surface area contributed by atoms with Crippen molar-refractivity contribution < 1.29 is 0 Å². The lowest BCUT2D eigenvalue weighted by molar-refractivity contribution is 0.666. The van der Waals surface area contributed by atoms with Crippen LogP contribution in [0.25, 0.3) is 108 Å². The molecule has 0 N–H and O–H groups in total. The topological polar surface area (TPSA) is 0 Å². The summed E-state index contributed by atoms with van der Waals surface area (Å²) in [6, 6.07) is 68.2. The number of rotatable bonds is 3. The van der Waals surface area contributed by atoms with Gasteiger partial charge in [-0.3, -0.25) is 0 Å². The summed E-state index contributed by atoms with van der Waals surface area (Å²) in [4.78, 5) is 0. The van der Waals surface area contributed by atoms with Gasteiger partial charge in [0.05, 0.1) is 0 Å². The van der Waals surface area contributed by atoms with Gasteiger partial charge in [-0.05, 0) is 117 Å². The molecule has 56 heavy (non-hydrogen) atoms. The average molecular weight is 729 g/mol. The highest BCUT2D eigenvalue weighted by Crippen LogP contribution is 2.54. The molecule has 0 fully saturated rings. The average Bonchev–Trinajstić information content (AvgIpc) is 3.74. The van der Waals surface area contributed by atoms with Gasteiger partial charge in [0.15, 0.2) is 0 Å². The van der Waals surface area contributed by atoms with Crippen LogP contribution in [0, 0.1) is 0 Å².